The predicted octanol–water partition coefficient (Wildman–Crippen LogP) is 5.05. The molecule has 0 aliphatic heterocycles. The summed E-state index contributed by atoms with van der Waals surface area (Å²) in [6, 6.07) is 16.0. The molecule has 1 aliphatic rings. The Bertz CT molecular complexity index is 1470. The van der Waals surface area contributed by atoms with E-state index in [9.17, 15) is 28.8 Å². The van der Waals surface area contributed by atoms with E-state index in [0.717, 1.165) is 22.3 Å². The Morgan fingerprint density at radius 3 is 2.00 bits per heavy atom. The molecule has 0 saturated carbocycles. The molecule has 49 heavy (non-hydrogen) atoms. The number of ketones is 1. The highest BCUT2D eigenvalue weighted by Gasteiger charge is 2.32. The number of hydrogen-bond acceptors (Lipinski definition) is 8. The van der Waals surface area contributed by atoms with Gasteiger partial charge >= 0.3 is 11.9 Å². The lowest BCUT2D eigenvalue weighted by atomic mass is 9.91. The summed E-state index contributed by atoms with van der Waals surface area (Å²) in [5, 5.41) is 5.14. The molecule has 2 aromatic carbocycles. The Morgan fingerprint density at radius 1 is 0.857 bits per heavy atom. The van der Waals surface area contributed by atoms with Crippen molar-refractivity contribution in [1.29, 1.82) is 0 Å². The molecule has 2 aromatic rings. The molecule has 2 N–H and O–H groups in total. The van der Waals surface area contributed by atoms with Crippen LogP contribution >= 0.6 is 7.80 Å². The normalized spacial score (nSPS) is 14.2. The summed E-state index contributed by atoms with van der Waals surface area (Å²) in [4.78, 5) is 76.3. The van der Waals surface area contributed by atoms with Gasteiger partial charge in [0.2, 0.25) is 11.8 Å². The number of benzene rings is 2. The van der Waals surface area contributed by atoms with Crippen LogP contribution in [-0.2, 0) is 38.2 Å². The molecule has 262 valence electrons. The molecule has 10 nitrogen and oxygen atoms in total. The molecule has 0 spiro atoms. The first-order chi connectivity index (χ1) is 23.1. The molecule has 1 aliphatic carbocycles. The van der Waals surface area contributed by atoms with E-state index in [1.54, 1.807) is 27.4 Å². The van der Waals surface area contributed by atoms with E-state index in [1.165, 1.54) is 0 Å². The van der Waals surface area contributed by atoms with E-state index in [2.05, 4.69) is 10.6 Å². The van der Waals surface area contributed by atoms with Crippen LogP contribution in [0.25, 0.3) is 11.1 Å². The molecule has 0 bridgehead atoms. The molecule has 0 aromatic heterocycles. The lowest BCUT2D eigenvalue weighted by molar-refractivity contribution is -0.164. The van der Waals surface area contributed by atoms with Gasteiger partial charge < -0.3 is 20.1 Å². The summed E-state index contributed by atoms with van der Waals surface area (Å²) in [6.45, 7) is 10.2. The highest BCUT2D eigenvalue weighted by molar-refractivity contribution is 7.94. The fourth-order valence-electron chi connectivity index (χ4n) is 5.79. The van der Waals surface area contributed by atoms with Crippen molar-refractivity contribution in [2.24, 2.45) is 17.8 Å². The number of esters is 2. The molecular weight excluding hydrogens is 642 g/mol. The van der Waals surface area contributed by atoms with Crippen LogP contribution in [0.4, 0.5) is 0 Å². The Balaban J connectivity index is 1.55. The number of ether oxygens (including phenoxy) is 2. The van der Waals surface area contributed by atoms with Crippen LogP contribution in [0.5, 0.6) is 0 Å². The minimum Gasteiger partial charge on any atom is -0.465 e. The van der Waals surface area contributed by atoms with Crippen LogP contribution in [0.2, 0.25) is 0 Å². The molecule has 0 heterocycles. The first-order valence-corrected chi connectivity index (χ1v) is 18.6. The van der Waals surface area contributed by atoms with Crippen molar-refractivity contribution in [2.45, 2.75) is 78.2 Å². The number of fused-ring (bicyclic) bond motifs is 3. The number of carbonyl (C=O) groups is 6. The molecule has 12 heteroatoms. The van der Waals surface area contributed by atoms with E-state index < -0.39 is 49.0 Å². The summed E-state index contributed by atoms with van der Waals surface area (Å²) in [5.41, 5.74) is 3.28. The standard InChI is InChI=1S/C37H48BN2O8P/c1-23(2)17-25(35(45)40-21-34(44)49(6)38)18-26(41)20-39-32(42)16-15-24(36(46)48-37(3,4)5)19-33(43)47-22-31-29-13-9-7-11-27(29)28-12-8-10-14-30(28)31/h7-14,23-25,31H,15-22H2,1-6H3,(H,39,42)(H,40,45). The number of rotatable bonds is 18. The molecule has 0 fully saturated rings. The molecule has 3 unspecified atom stereocenters. The first-order valence-electron chi connectivity index (χ1n) is 16.7. The Morgan fingerprint density at radius 2 is 1.45 bits per heavy atom. The van der Waals surface area contributed by atoms with Gasteiger partial charge in [0.05, 0.1) is 25.4 Å². The quantitative estimate of drug-likeness (QED) is 0.126. The van der Waals surface area contributed by atoms with Crippen molar-refractivity contribution >= 4 is 50.4 Å². The van der Waals surface area contributed by atoms with Gasteiger partial charge in [-0.05, 0) is 68.4 Å². The Hall–Kier alpha value is -3.85. The number of carbonyl (C=O) groups excluding carboxylic acids is 6. The third kappa shape index (κ3) is 12.5. The van der Waals surface area contributed by atoms with Gasteiger partial charge in [-0.2, -0.15) is 0 Å². The number of amides is 2. The van der Waals surface area contributed by atoms with Gasteiger partial charge in [-0.15, -0.1) is 0 Å². The third-order valence-electron chi connectivity index (χ3n) is 8.14. The largest absolute Gasteiger partial charge is 0.465 e. The predicted molar refractivity (Wildman–Crippen MR) is 190 cm³/mol. The van der Waals surface area contributed by atoms with Crippen LogP contribution in [0, 0.1) is 17.8 Å². The maximum absolute atomic E-state index is 13.1. The van der Waals surface area contributed by atoms with E-state index in [0.29, 0.717) is 6.42 Å². The lowest BCUT2D eigenvalue weighted by Gasteiger charge is -2.24. The van der Waals surface area contributed by atoms with Gasteiger partial charge in [0.25, 0.3) is 0 Å². The van der Waals surface area contributed by atoms with Crippen LogP contribution in [0.1, 0.15) is 83.8 Å². The number of Topliss-reactive ketones (excluding diaryl/α,β-unsaturated/α-hetero) is 1. The summed E-state index contributed by atoms with van der Waals surface area (Å²) in [5.74, 6) is -4.04. The van der Waals surface area contributed by atoms with Gasteiger partial charge in [0.15, 0.2) is 11.3 Å². The Kier molecular flexibility index (Phi) is 14.7. The SMILES string of the molecule is [B]P(C)C(=O)CNC(=O)C(CC(=O)CNC(=O)CCC(CC(=O)OCC1c2ccccc2-c2ccccc21)C(=O)OC(C)(C)C)CC(C)C. The fourth-order valence-corrected chi connectivity index (χ4v) is 6.11. The van der Waals surface area contributed by atoms with Gasteiger partial charge in [0.1, 0.15) is 19.8 Å². The topological polar surface area (TPSA) is 145 Å². The van der Waals surface area contributed by atoms with Crippen LogP contribution in [-0.4, -0.2) is 74.6 Å². The van der Waals surface area contributed by atoms with Gasteiger partial charge in [0, 0.05) is 24.7 Å². The fraction of sp³-hybridized carbons (Fsp3) is 0.514. The average Bonchev–Trinajstić information content (AvgIpc) is 3.35. The maximum atomic E-state index is 13.1. The minimum absolute atomic E-state index is 0.00660. The van der Waals surface area contributed by atoms with Crippen LogP contribution in [0.15, 0.2) is 48.5 Å². The Labute approximate surface area is 292 Å². The van der Waals surface area contributed by atoms with Crippen molar-refractivity contribution < 1.29 is 38.2 Å². The molecule has 3 atom stereocenters. The van der Waals surface area contributed by atoms with Crippen molar-refractivity contribution in [1.82, 2.24) is 10.6 Å². The molecule has 3 rings (SSSR count). The first kappa shape index (κ1) is 39.6. The van der Waals surface area contributed by atoms with Crippen molar-refractivity contribution in [2.75, 3.05) is 26.4 Å². The number of hydrogen-bond donors (Lipinski definition) is 2. The zero-order valence-corrected chi connectivity index (χ0v) is 30.3. The monoisotopic (exact) mass is 690 g/mol. The second kappa shape index (κ2) is 18.2. The molecule has 2 amide bonds. The van der Waals surface area contributed by atoms with E-state index in [1.807, 2.05) is 62.4 Å². The summed E-state index contributed by atoms with van der Waals surface area (Å²) in [7, 11) is 4.30. The molecular formula is C37H48BN2O8P. The minimum atomic E-state index is -1.33. The van der Waals surface area contributed by atoms with Crippen molar-refractivity contribution in [3.8, 4) is 11.1 Å². The van der Waals surface area contributed by atoms with E-state index >= 15 is 0 Å². The van der Waals surface area contributed by atoms with Crippen LogP contribution in [0.3, 0.4) is 0 Å². The zero-order valence-electron chi connectivity index (χ0n) is 29.4. The summed E-state index contributed by atoms with van der Waals surface area (Å²) < 4.78 is 11.3. The zero-order chi connectivity index (χ0) is 36.3. The maximum Gasteiger partial charge on any atom is 0.310 e. The van der Waals surface area contributed by atoms with E-state index in [-0.39, 0.29) is 68.5 Å². The van der Waals surface area contributed by atoms with Crippen molar-refractivity contribution in [3.05, 3.63) is 59.7 Å². The molecule has 2 radical (unpaired) electrons. The summed E-state index contributed by atoms with van der Waals surface area (Å²) >= 11 is 0. The van der Waals surface area contributed by atoms with Gasteiger partial charge in [-0.3, -0.25) is 28.8 Å². The van der Waals surface area contributed by atoms with Gasteiger partial charge in [-0.25, -0.2) is 0 Å². The number of nitrogens with one attached hydrogen (secondary N) is 2. The van der Waals surface area contributed by atoms with E-state index in [4.69, 9.17) is 17.0 Å². The average molecular weight is 691 g/mol. The smallest absolute Gasteiger partial charge is 0.310 e. The third-order valence-corrected chi connectivity index (χ3v) is 9.08. The lowest BCUT2D eigenvalue weighted by Crippen LogP contribution is -2.38. The second-order valence-electron chi connectivity index (χ2n) is 14.0. The highest BCUT2D eigenvalue weighted by Crippen LogP contribution is 2.44. The second-order valence-corrected chi connectivity index (χ2v) is 15.7. The highest BCUT2D eigenvalue weighted by atomic mass is 31.1. The summed E-state index contributed by atoms with van der Waals surface area (Å²) in [6.07, 6.45) is -0.0751. The van der Waals surface area contributed by atoms with Gasteiger partial charge in [-0.1, -0.05) is 70.2 Å². The molecule has 0 saturated heterocycles. The van der Waals surface area contributed by atoms with Crippen molar-refractivity contribution in [3.63, 3.8) is 0 Å². The van der Waals surface area contributed by atoms with Crippen LogP contribution < -0.4 is 10.6 Å².